The lowest BCUT2D eigenvalue weighted by atomic mass is 9.96. The van der Waals surface area contributed by atoms with Crippen LogP contribution in [0.1, 0.15) is 52.4 Å². The number of amides is 1. The fraction of sp³-hybridized carbons (Fsp3) is 0.440. The molecule has 1 N–H and O–H groups in total. The van der Waals surface area contributed by atoms with Crippen molar-refractivity contribution < 1.29 is 9.90 Å². The number of aliphatic imine (C=N–C) groups is 1. The number of hydrogen-bond donors (Lipinski definition) is 1. The lowest BCUT2D eigenvalue weighted by Gasteiger charge is -2.19. The molecule has 1 amide bonds. The van der Waals surface area contributed by atoms with E-state index in [2.05, 4.69) is 25.1 Å². The standard InChI is InChI=1S/C25H38N2O2/c1-6-10-15-22(8-3)19-21-27(5)25(29)17-13-11-12-16-23(14-7-2)18-20-26-24(28)9-4/h6-7,9,12-14,16-17,20,22,28H,1-2,8,10-11,15,18-19,21H2,3-5H3/b16-12-,17-13+,23-14+,24-9+,26-20-. The van der Waals surface area contributed by atoms with E-state index >= 15 is 0 Å². The second kappa shape index (κ2) is 17.5. The summed E-state index contributed by atoms with van der Waals surface area (Å²) in [5, 5.41) is 9.32. The lowest BCUT2D eigenvalue weighted by molar-refractivity contribution is -0.124. The van der Waals surface area contributed by atoms with Crippen molar-refractivity contribution in [1.29, 1.82) is 0 Å². The highest BCUT2D eigenvalue weighted by Crippen LogP contribution is 2.16. The summed E-state index contributed by atoms with van der Waals surface area (Å²) in [5.74, 6) is 0.680. The average Bonchev–Trinajstić information content (AvgIpc) is 2.72. The minimum Gasteiger partial charge on any atom is -0.494 e. The van der Waals surface area contributed by atoms with Crippen molar-refractivity contribution in [2.24, 2.45) is 10.9 Å². The van der Waals surface area contributed by atoms with Gasteiger partial charge in [0.1, 0.15) is 0 Å². The normalized spacial score (nSPS) is 14.0. The lowest BCUT2D eigenvalue weighted by Crippen LogP contribution is -2.27. The Kier molecular flexibility index (Phi) is 15.9. The molecule has 0 radical (unpaired) electrons. The summed E-state index contributed by atoms with van der Waals surface area (Å²) in [6.45, 7) is 12.2. The van der Waals surface area contributed by atoms with E-state index < -0.39 is 0 Å². The summed E-state index contributed by atoms with van der Waals surface area (Å²) in [7, 11) is 1.85. The van der Waals surface area contributed by atoms with Crippen LogP contribution in [0.15, 0.2) is 78.2 Å². The summed E-state index contributed by atoms with van der Waals surface area (Å²) < 4.78 is 0. The second-order valence-electron chi connectivity index (χ2n) is 6.87. The quantitative estimate of drug-likeness (QED) is 0.115. The van der Waals surface area contributed by atoms with Gasteiger partial charge in [0.25, 0.3) is 0 Å². The largest absolute Gasteiger partial charge is 0.494 e. The number of hydrogen-bond acceptors (Lipinski definition) is 3. The number of carbonyl (C=O) groups excluding carboxylic acids is 1. The molecule has 1 atom stereocenters. The first-order chi connectivity index (χ1) is 14.0. The first kappa shape index (κ1) is 26.4. The van der Waals surface area contributed by atoms with Crippen molar-refractivity contribution >= 4 is 12.1 Å². The zero-order chi connectivity index (χ0) is 21.9. The van der Waals surface area contributed by atoms with Crippen molar-refractivity contribution in [3.8, 4) is 0 Å². The molecule has 0 aliphatic carbocycles. The van der Waals surface area contributed by atoms with Crippen molar-refractivity contribution in [3.05, 3.63) is 73.2 Å². The highest BCUT2D eigenvalue weighted by atomic mass is 16.3. The molecule has 160 valence electrons. The molecule has 0 saturated carbocycles. The van der Waals surface area contributed by atoms with E-state index in [9.17, 15) is 9.90 Å². The molecular weight excluding hydrogens is 360 g/mol. The van der Waals surface area contributed by atoms with Gasteiger partial charge in [0.15, 0.2) is 0 Å². The molecule has 29 heavy (non-hydrogen) atoms. The average molecular weight is 399 g/mol. The van der Waals surface area contributed by atoms with Gasteiger partial charge < -0.3 is 10.0 Å². The van der Waals surface area contributed by atoms with Crippen LogP contribution in [0.2, 0.25) is 0 Å². The highest BCUT2D eigenvalue weighted by molar-refractivity contribution is 5.87. The Morgan fingerprint density at radius 3 is 2.55 bits per heavy atom. The van der Waals surface area contributed by atoms with E-state index in [4.69, 9.17) is 0 Å². The van der Waals surface area contributed by atoms with E-state index in [-0.39, 0.29) is 11.8 Å². The molecule has 0 aromatic rings. The van der Waals surface area contributed by atoms with E-state index in [1.807, 2.05) is 37.4 Å². The van der Waals surface area contributed by atoms with Gasteiger partial charge in [0, 0.05) is 26.2 Å². The smallest absolute Gasteiger partial charge is 0.245 e. The topological polar surface area (TPSA) is 52.9 Å². The molecule has 0 rings (SSSR count). The van der Waals surface area contributed by atoms with Gasteiger partial charge in [-0.1, -0.05) is 56.4 Å². The molecule has 0 saturated heterocycles. The summed E-state index contributed by atoms with van der Waals surface area (Å²) >= 11 is 0. The maximum absolute atomic E-state index is 12.2. The molecule has 0 heterocycles. The van der Waals surface area contributed by atoms with Crippen LogP contribution in [-0.4, -0.2) is 35.7 Å². The van der Waals surface area contributed by atoms with Crippen LogP contribution in [0, 0.1) is 5.92 Å². The molecule has 0 aliphatic rings. The molecule has 0 aromatic carbocycles. The molecular formula is C25H38N2O2. The first-order valence-electron chi connectivity index (χ1n) is 10.4. The van der Waals surface area contributed by atoms with Crippen molar-refractivity contribution in [1.82, 2.24) is 4.90 Å². The predicted molar refractivity (Wildman–Crippen MR) is 126 cm³/mol. The number of aliphatic hydroxyl groups is 1. The molecule has 4 nitrogen and oxygen atoms in total. The molecule has 4 heteroatoms. The zero-order valence-corrected chi connectivity index (χ0v) is 18.4. The van der Waals surface area contributed by atoms with Crippen molar-refractivity contribution in [3.63, 3.8) is 0 Å². The summed E-state index contributed by atoms with van der Waals surface area (Å²) in [6.07, 6.45) is 21.8. The monoisotopic (exact) mass is 398 g/mol. The number of rotatable bonds is 15. The Balaban J connectivity index is 4.44. The molecule has 1 unspecified atom stereocenters. The van der Waals surface area contributed by atoms with Crippen LogP contribution in [0.25, 0.3) is 0 Å². The Labute approximate surface area is 177 Å². The van der Waals surface area contributed by atoms with Gasteiger partial charge in [0.05, 0.1) is 0 Å². The highest BCUT2D eigenvalue weighted by Gasteiger charge is 2.09. The van der Waals surface area contributed by atoms with Gasteiger partial charge in [-0.3, -0.25) is 4.79 Å². The minimum atomic E-state index is 0.00320. The third kappa shape index (κ3) is 14.1. The van der Waals surface area contributed by atoms with E-state index in [1.54, 1.807) is 30.2 Å². The Morgan fingerprint density at radius 2 is 1.93 bits per heavy atom. The number of allylic oxidation sites excluding steroid dienone is 8. The fourth-order valence-electron chi connectivity index (χ4n) is 2.65. The van der Waals surface area contributed by atoms with Crippen LogP contribution in [0.4, 0.5) is 0 Å². The third-order valence-electron chi connectivity index (χ3n) is 4.61. The van der Waals surface area contributed by atoms with Gasteiger partial charge in [-0.25, -0.2) is 4.99 Å². The first-order valence-corrected chi connectivity index (χ1v) is 10.4. The number of carbonyl (C=O) groups is 1. The Bertz CT molecular complexity index is 639. The molecule has 0 bridgehead atoms. The van der Waals surface area contributed by atoms with Gasteiger partial charge in [0.2, 0.25) is 11.8 Å². The number of likely N-dealkylation sites (N-methyl/N-ethyl adjacent to an activating group) is 1. The molecule has 0 spiro atoms. The van der Waals surface area contributed by atoms with Crippen molar-refractivity contribution in [2.75, 3.05) is 13.6 Å². The number of aliphatic hydroxyl groups excluding tert-OH is 1. The van der Waals surface area contributed by atoms with E-state index in [1.165, 1.54) is 6.08 Å². The van der Waals surface area contributed by atoms with Crippen LogP contribution < -0.4 is 0 Å². The van der Waals surface area contributed by atoms with Crippen LogP contribution >= 0.6 is 0 Å². The zero-order valence-electron chi connectivity index (χ0n) is 18.4. The summed E-state index contributed by atoms with van der Waals surface area (Å²) in [5.41, 5.74) is 1.02. The van der Waals surface area contributed by atoms with E-state index in [0.29, 0.717) is 18.8 Å². The van der Waals surface area contributed by atoms with Gasteiger partial charge in [-0.05, 0) is 56.3 Å². The van der Waals surface area contributed by atoms with Crippen molar-refractivity contribution in [2.45, 2.75) is 52.4 Å². The Hall–Kier alpha value is -2.62. The van der Waals surface area contributed by atoms with Gasteiger partial charge >= 0.3 is 0 Å². The molecule has 0 aliphatic heterocycles. The molecule has 0 fully saturated rings. The van der Waals surface area contributed by atoms with Gasteiger partial charge in [-0.2, -0.15) is 0 Å². The maximum atomic E-state index is 12.2. The van der Waals surface area contributed by atoms with Crippen LogP contribution in [-0.2, 0) is 4.79 Å². The third-order valence-corrected chi connectivity index (χ3v) is 4.61. The van der Waals surface area contributed by atoms with Crippen LogP contribution in [0.5, 0.6) is 0 Å². The molecule has 0 aromatic heterocycles. The summed E-state index contributed by atoms with van der Waals surface area (Å²) in [4.78, 5) is 17.9. The van der Waals surface area contributed by atoms with E-state index in [0.717, 1.165) is 37.8 Å². The summed E-state index contributed by atoms with van der Waals surface area (Å²) in [6, 6.07) is 0. The predicted octanol–water partition coefficient (Wildman–Crippen LogP) is 6.32. The Morgan fingerprint density at radius 1 is 1.21 bits per heavy atom. The van der Waals surface area contributed by atoms with Crippen LogP contribution in [0.3, 0.4) is 0 Å². The maximum Gasteiger partial charge on any atom is 0.245 e. The second-order valence-corrected chi connectivity index (χ2v) is 6.87. The fourth-order valence-corrected chi connectivity index (χ4v) is 2.65. The minimum absolute atomic E-state index is 0.00320. The number of nitrogens with zero attached hydrogens (tertiary/aromatic N) is 2. The SMILES string of the molecule is C=C/C=C(\C=C/C/C=C/C(=O)N(C)CCC(CC)CCC=C)C/C=N\C(O)=C/C. The van der Waals surface area contributed by atoms with Gasteiger partial charge in [-0.15, -0.1) is 6.58 Å².